The first-order valence-electron chi connectivity index (χ1n) is 8.30. The summed E-state index contributed by atoms with van der Waals surface area (Å²) in [5.41, 5.74) is 2.84. The summed E-state index contributed by atoms with van der Waals surface area (Å²) in [6, 6.07) is 9.14. The lowest BCUT2D eigenvalue weighted by molar-refractivity contribution is 0.0969. The standard InChI is InChI=1S/C17H26N2O2S.ClH/c1-3-12-22(20,21)18(2)15-9-11-19-10-8-14-6-4-5-7-16(14)17(19)13-15;/h4-7,15,17H,3,8-13H2,1-2H3;1H/t15-,17+;/m1./s1. The Morgan fingerprint density at radius 1 is 1.26 bits per heavy atom. The highest BCUT2D eigenvalue weighted by Gasteiger charge is 2.37. The van der Waals surface area contributed by atoms with E-state index in [1.54, 1.807) is 11.4 Å². The molecule has 3 rings (SSSR count). The lowest BCUT2D eigenvalue weighted by Gasteiger charge is -2.45. The molecule has 0 spiro atoms. The average molecular weight is 359 g/mol. The van der Waals surface area contributed by atoms with E-state index in [-0.39, 0.29) is 24.2 Å². The predicted octanol–water partition coefficient (Wildman–Crippen LogP) is 2.84. The van der Waals surface area contributed by atoms with Crippen LogP contribution in [0.3, 0.4) is 0 Å². The van der Waals surface area contributed by atoms with Crippen molar-refractivity contribution in [3.05, 3.63) is 35.4 Å². The number of piperidine rings is 1. The Kier molecular flexibility index (Phi) is 6.11. The van der Waals surface area contributed by atoms with Crippen LogP contribution < -0.4 is 0 Å². The summed E-state index contributed by atoms with van der Waals surface area (Å²) in [5.74, 6) is 0.255. The molecule has 6 heteroatoms. The Morgan fingerprint density at radius 3 is 2.74 bits per heavy atom. The van der Waals surface area contributed by atoms with Gasteiger partial charge in [0.25, 0.3) is 0 Å². The molecule has 0 saturated carbocycles. The van der Waals surface area contributed by atoms with Crippen molar-refractivity contribution in [1.29, 1.82) is 0 Å². The fourth-order valence-corrected chi connectivity index (χ4v) is 5.35. The molecule has 1 aromatic rings. The van der Waals surface area contributed by atoms with Crippen LogP contribution in [-0.4, -0.2) is 49.6 Å². The van der Waals surface area contributed by atoms with Gasteiger partial charge >= 0.3 is 0 Å². The number of hydrogen-bond acceptors (Lipinski definition) is 3. The van der Waals surface area contributed by atoms with Crippen LogP contribution in [0.5, 0.6) is 0 Å². The van der Waals surface area contributed by atoms with Crippen LogP contribution in [0.25, 0.3) is 0 Å². The van der Waals surface area contributed by atoms with Gasteiger partial charge in [-0.05, 0) is 36.8 Å². The molecule has 2 heterocycles. The Balaban J connectivity index is 0.00000192. The number of halogens is 1. The first kappa shape index (κ1) is 18.7. The van der Waals surface area contributed by atoms with E-state index < -0.39 is 10.0 Å². The van der Waals surface area contributed by atoms with E-state index >= 15 is 0 Å². The third-order valence-electron chi connectivity index (χ3n) is 5.18. The van der Waals surface area contributed by atoms with Gasteiger partial charge in [-0.1, -0.05) is 31.2 Å². The van der Waals surface area contributed by atoms with E-state index in [9.17, 15) is 8.42 Å². The summed E-state index contributed by atoms with van der Waals surface area (Å²) >= 11 is 0. The van der Waals surface area contributed by atoms with Crippen molar-refractivity contribution in [2.75, 3.05) is 25.9 Å². The second-order valence-electron chi connectivity index (χ2n) is 6.51. The van der Waals surface area contributed by atoms with Gasteiger partial charge in [-0.3, -0.25) is 4.90 Å². The van der Waals surface area contributed by atoms with Gasteiger partial charge in [-0.15, -0.1) is 12.4 Å². The fourth-order valence-electron chi connectivity index (χ4n) is 3.90. The monoisotopic (exact) mass is 358 g/mol. The van der Waals surface area contributed by atoms with Gasteiger partial charge in [0.15, 0.2) is 0 Å². The molecule has 1 fully saturated rings. The largest absolute Gasteiger partial charge is 0.296 e. The van der Waals surface area contributed by atoms with Crippen molar-refractivity contribution in [2.45, 2.75) is 44.7 Å². The summed E-state index contributed by atoms with van der Waals surface area (Å²) in [7, 11) is -1.35. The van der Waals surface area contributed by atoms with Crippen LogP contribution in [0, 0.1) is 0 Å². The van der Waals surface area contributed by atoms with Gasteiger partial charge in [-0.2, -0.15) is 0 Å². The minimum Gasteiger partial charge on any atom is -0.296 e. The molecule has 0 radical (unpaired) electrons. The van der Waals surface area contributed by atoms with Crippen LogP contribution in [0.1, 0.15) is 43.4 Å². The molecule has 130 valence electrons. The number of sulfonamides is 1. The molecule has 0 N–H and O–H groups in total. The van der Waals surface area contributed by atoms with Gasteiger partial charge in [0.1, 0.15) is 0 Å². The highest BCUT2D eigenvalue weighted by Crippen LogP contribution is 2.38. The Morgan fingerprint density at radius 2 is 2.00 bits per heavy atom. The van der Waals surface area contributed by atoms with Gasteiger partial charge < -0.3 is 0 Å². The molecular formula is C17H27ClN2O2S. The second-order valence-corrected chi connectivity index (χ2v) is 8.66. The quantitative estimate of drug-likeness (QED) is 0.831. The minimum atomic E-state index is -3.11. The molecule has 0 unspecified atom stereocenters. The summed E-state index contributed by atoms with van der Waals surface area (Å²) < 4.78 is 26.3. The third kappa shape index (κ3) is 3.73. The maximum Gasteiger partial charge on any atom is 0.214 e. The normalized spacial score (nSPS) is 24.7. The molecule has 23 heavy (non-hydrogen) atoms. The zero-order valence-corrected chi connectivity index (χ0v) is 15.6. The van der Waals surface area contributed by atoms with Gasteiger partial charge in [-0.25, -0.2) is 12.7 Å². The molecule has 0 bridgehead atoms. The highest BCUT2D eigenvalue weighted by atomic mass is 35.5. The Hall–Kier alpha value is -0.620. The predicted molar refractivity (Wildman–Crippen MR) is 96.6 cm³/mol. The molecule has 0 aromatic heterocycles. The number of nitrogens with zero attached hydrogens (tertiary/aromatic N) is 2. The van der Waals surface area contributed by atoms with Crippen molar-refractivity contribution in [2.24, 2.45) is 0 Å². The van der Waals surface area contributed by atoms with E-state index in [4.69, 9.17) is 0 Å². The number of fused-ring (bicyclic) bond motifs is 3. The molecule has 2 aliphatic heterocycles. The summed E-state index contributed by atoms with van der Waals surface area (Å²) in [6.45, 7) is 4.01. The fraction of sp³-hybridized carbons (Fsp3) is 0.647. The maximum atomic E-state index is 12.3. The molecule has 0 aliphatic carbocycles. The van der Waals surface area contributed by atoms with E-state index in [0.29, 0.717) is 12.5 Å². The number of rotatable bonds is 4. The van der Waals surface area contributed by atoms with E-state index in [1.807, 2.05) is 6.92 Å². The van der Waals surface area contributed by atoms with Crippen molar-refractivity contribution in [1.82, 2.24) is 9.21 Å². The number of hydrogen-bond donors (Lipinski definition) is 0. The third-order valence-corrected chi connectivity index (χ3v) is 7.28. The van der Waals surface area contributed by atoms with Crippen molar-refractivity contribution < 1.29 is 8.42 Å². The second kappa shape index (κ2) is 7.51. The lowest BCUT2D eigenvalue weighted by Crippen LogP contribution is -2.49. The van der Waals surface area contributed by atoms with Crippen LogP contribution in [0.15, 0.2) is 24.3 Å². The topological polar surface area (TPSA) is 40.6 Å². The Bertz CT molecular complexity index is 635. The number of benzene rings is 1. The lowest BCUT2D eigenvalue weighted by atomic mass is 9.85. The summed E-state index contributed by atoms with van der Waals surface area (Å²) in [6.07, 6.45) is 3.65. The van der Waals surface area contributed by atoms with Crippen LogP contribution >= 0.6 is 12.4 Å². The minimum absolute atomic E-state index is 0. The zero-order chi connectivity index (χ0) is 15.7. The Labute approximate surface area is 146 Å². The van der Waals surface area contributed by atoms with Gasteiger partial charge in [0, 0.05) is 32.2 Å². The smallest absolute Gasteiger partial charge is 0.214 e. The van der Waals surface area contributed by atoms with E-state index in [1.165, 1.54) is 11.1 Å². The summed E-state index contributed by atoms with van der Waals surface area (Å²) in [4.78, 5) is 2.53. The van der Waals surface area contributed by atoms with Crippen LogP contribution in [0.4, 0.5) is 0 Å². The van der Waals surface area contributed by atoms with Gasteiger partial charge in [0.05, 0.1) is 5.75 Å². The molecular weight excluding hydrogens is 332 g/mol. The molecule has 1 saturated heterocycles. The first-order chi connectivity index (χ1) is 10.5. The highest BCUT2D eigenvalue weighted by molar-refractivity contribution is 7.89. The molecule has 4 nitrogen and oxygen atoms in total. The average Bonchev–Trinajstić information content (AvgIpc) is 2.53. The summed E-state index contributed by atoms with van der Waals surface area (Å²) in [5, 5.41) is 0. The van der Waals surface area contributed by atoms with Crippen molar-refractivity contribution in [3.63, 3.8) is 0 Å². The van der Waals surface area contributed by atoms with Crippen molar-refractivity contribution >= 4 is 22.4 Å². The first-order valence-corrected chi connectivity index (χ1v) is 9.91. The molecule has 1 aromatic carbocycles. The van der Waals surface area contributed by atoms with Crippen LogP contribution in [-0.2, 0) is 16.4 Å². The van der Waals surface area contributed by atoms with E-state index in [2.05, 4.69) is 29.2 Å². The SMILES string of the molecule is CCCS(=O)(=O)N(C)[C@@H]1CCN2CCc3ccccc3[C@@H]2C1.Cl. The van der Waals surface area contributed by atoms with E-state index in [0.717, 1.165) is 32.4 Å². The molecule has 2 atom stereocenters. The van der Waals surface area contributed by atoms with Gasteiger partial charge in [0.2, 0.25) is 10.0 Å². The maximum absolute atomic E-state index is 12.3. The van der Waals surface area contributed by atoms with Crippen molar-refractivity contribution in [3.8, 4) is 0 Å². The molecule has 0 amide bonds. The molecule has 2 aliphatic rings. The zero-order valence-electron chi connectivity index (χ0n) is 13.9. The van der Waals surface area contributed by atoms with Crippen LogP contribution in [0.2, 0.25) is 0 Å².